The molecule has 0 aliphatic heterocycles. The maximum absolute atomic E-state index is 12.1. The average Bonchev–Trinajstić information content (AvgIpc) is 2.61. The largest absolute Gasteiger partial charge is 0.497 e. The number of nitrogens with zero attached hydrogens (tertiary/aromatic N) is 1. The summed E-state index contributed by atoms with van der Waals surface area (Å²) in [4.78, 5) is 23.8. The van der Waals surface area contributed by atoms with E-state index in [2.05, 4.69) is 0 Å². The lowest BCUT2D eigenvalue weighted by molar-refractivity contribution is -0.143. The molecule has 0 aliphatic carbocycles. The molecule has 3 N–H and O–H groups in total. The Balaban J connectivity index is 2.01. The number of carboxylic acid groups (broad SMARTS) is 1. The van der Waals surface area contributed by atoms with Gasteiger partial charge >= 0.3 is 5.97 Å². The lowest BCUT2D eigenvalue weighted by Crippen LogP contribution is -2.44. The Kier molecular flexibility index (Phi) is 6.14. The summed E-state index contributed by atoms with van der Waals surface area (Å²) in [7, 11) is 3.06. The second-order valence-corrected chi connectivity index (χ2v) is 5.82. The van der Waals surface area contributed by atoms with E-state index >= 15 is 0 Å². The van der Waals surface area contributed by atoms with Crippen molar-refractivity contribution in [1.82, 2.24) is 4.90 Å². The van der Waals surface area contributed by atoms with Crippen molar-refractivity contribution in [3.8, 4) is 16.9 Å². The molecule has 2 aromatic carbocycles. The van der Waals surface area contributed by atoms with Gasteiger partial charge in [0.15, 0.2) is 0 Å². The van der Waals surface area contributed by atoms with Crippen molar-refractivity contribution in [2.45, 2.75) is 12.5 Å². The van der Waals surface area contributed by atoms with Crippen LogP contribution in [0.1, 0.15) is 5.56 Å². The highest BCUT2D eigenvalue weighted by Gasteiger charge is 2.20. The Morgan fingerprint density at radius 2 is 1.60 bits per heavy atom. The highest BCUT2D eigenvalue weighted by atomic mass is 16.5. The highest BCUT2D eigenvalue weighted by Crippen LogP contribution is 2.23. The molecule has 1 amide bonds. The van der Waals surface area contributed by atoms with Crippen LogP contribution in [0.3, 0.4) is 0 Å². The van der Waals surface area contributed by atoms with E-state index in [1.165, 1.54) is 7.05 Å². The number of aliphatic carboxylic acids is 1. The summed E-state index contributed by atoms with van der Waals surface area (Å²) in [5, 5.41) is 8.73. The number of nitrogens with two attached hydrogens (primary N) is 1. The fraction of sp³-hybridized carbons (Fsp3) is 0.263. The van der Waals surface area contributed by atoms with Gasteiger partial charge in [0.2, 0.25) is 5.91 Å². The number of carbonyl (C=O) groups excluding carboxylic acids is 1. The van der Waals surface area contributed by atoms with E-state index in [1.54, 1.807) is 7.11 Å². The van der Waals surface area contributed by atoms with Crippen molar-refractivity contribution in [3.63, 3.8) is 0 Å². The Bertz CT molecular complexity index is 726. The van der Waals surface area contributed by atoms with Gasteiger partial charge in [0, 0.05) is 7.05 Å². The number of likely N-dealkylation sites (N-methyl/N-ethyl adjacent to an activating group) is 1. The standard InChI is InChI=1S/C19H22N2O4/c1-21(12-18(22)23)19(24)17(20)11-13-3-5-14(6-4-13)15-7-9-16(25-2)10-8-15/h3-10,17H,11-12,20H2,1-2H3,(H,22,23)/t17-/m0/s1. The van der Waals surface area contributed by atoms with E-state index in [-0.39, 0.29) is 12.5 Å². The summed E-state index contributed by atoms with van der Waals surface area (Å²) in [6.45, 7) is -0.358. The molecule has 2 rings (SSSR count). The molecule has 0 aliphatic rings. The van der Waals surface area contributed by atoms with Crippen molar-refractivity contribution in [2.75, 3.05) is 20.7 Å². The monoisotopic (exact) mass is 342 g/mol. The molecule has 132 valence electrons. The average molecular weight is 342 g/mol. The van der Waals surface area contributed by atoms with Crippen molar-refractivity contribution < 1.29 is 19.4 Å². The first-order valence-electron chi connectivity index (χ1n) is 7.86. The van der Waals surface area contributed by atoms with Gasteiger partial charge in [-0.2, -0.15) is 0 Å². The van der Waals surface area contributed by atoms with Gasteiger partial charge in [-0.1, -0.05) is 36.4 Å². The molecule has 1 atom stereocenters. The zero-order chi connectivity index (χ0) is 18.4. The molecule has 0 heterocycles. The van der Waals surface area contributed by atoms with E-state index in [1.807, 2.05) is 48.5 Å². The van der Waals surface area contributed by atoms with Gasteiger partial charge in [-0.3, -0.25) is 9.59 Å². The van der Waals surface area contributed by atoms with E-state index < -0.39 is 12.0 Å². The predicted molar refractivity (Wildman–Crippen MR) is 95.4 cm³/mol. The number of benzene rings is 2. The van der Waals surface area contributed by atoms with Crippen LogP contribution in [-0.2, 0) is 16.0 Å². The Morgan fingerprint density at radius 1 is 1.08 bits per heavy atom. The van der Waals surface area contributed by atoms with Gasteiger partial charge in [-0.15, -0.1) is 0 Å². The van der Waals surface area contributed by atoms with Gasteiger partial charge in [0.1, 0.15) is 12.3 Å². The molecule has 25 heavy (non-hydrogen) atoms. The lowest BCUT2D eigenvalue weighted by atomic mass is 10.0. The second kappa shape index (κ2) is 8.30. The third-order valence-corrected chi connectivity index (χ3v) is 3.90. The van der Waals surface area contributed by atoms with Crippen molar-refractivity contribution in [3.05, 3.63) is 54.1 Å². The molecule has 0 saturated carbocycles. The minimum Gasteiger partial charge on any atom is -0.497 e. The number of ether oxygens (including phenoxy) is 1. The minimum absolute atomic E-state index is 0.353. The zero-order valence-electron chi connectivity index (χ0n) is 14.3. The molecule has 0 saturated heterocycles. The van der Waals surface area contributed by atoms with Gasteiger partial charge in [-0.25, -0.2) is 0 Å². The summed E-state index contributed by atoms with van der Waals surface area (Å²) in [6, 6.07) is 14.8. The number of amides is 1. The summed E-state index contributed by atoms with van der Waals surface area (Å²) >= 11 is 0. The third-order valence-electron chi connectivity index (χ3n) is 3.90. The van der Waals surface area contributed by atoms with E-state index in [4.69, 9.17) is 15.6 Å². The number of hydrogen-bond donors (Lipinski definition) is 2. The number of hydrogen-bond acceptors (Lipinski definition) is 4. The SMILES string of the molecule is COc1ccc(-c2ccc(C[C@H](N)C(=O)N(C)CC(=O)O)cc2)cc1. The Morgan fingerprint density at radius 3 is 2.08 bits per heavy atom. The Hall–Kier alpha value is -2.86. The first kappa shape index (κ1) is 18.5. The van der Waals surface area contributed by atoms with E-state index in [9.17, 15) is 9.59 Å². The maximum atomic E-state index is 12.1. The number of carboxylic acids is 1. The van der Waals surface area contributed by atoms with Crippen LogP contribution in [0.5, 0.6) is 5.75 Å². The van der Waals surface area contributed by atoms with Crippen LogP contribution in [0.25, 0.3) is 11.1 Å². The summed E-state index contributed by atoms with van der Waals surface area (Å²) in [5.41, 5.74) is 8.94. The molecule has 6 nitrogen and oxygen atoms in total. The Labute approximate surface area is 146 Å². The topological polar surface area (TPSA) is 92.9 Å². The fourth-order valence-electron chi connectivity index (χ4n) is 2.52. The second-order valence-electron chi connectivity index (χ2n) is 5.82. The third kappa shape index (κ3) is 5.06. The molecule has 0 spiro atoms. The normalized spacial score (nSPS) is 11.6. The summed E-state index contributed by atoms with van der Waals surface area (Å²) < 4.78 is 5.15. The van der Waals surface area contributed by atoms with Crippen LogP contribution in [0, 0.1) is 0 Å². The predicted octanol–water partition coefficient (Wildman–Crippen LogP) is 1.77. The minimum atomic E-state index is -1.06. The van der Waals surface area contributed by atoms with Gasteiger partial charge in [0.05, 0.1) is 13.2 Å². The van der Waals surface area contributed by atoms with Crippen LogP contribution in [0.2, 0.25) is 0 Å². The van der Waals surface area contributed by atoms with E-state index in [0.717, 1.165) is 27.3 Å². The molecule has 0 radical (unpaired) electrons. The molecule has 0 bridgehead atoms. The van der Waals surface area contributed by atoms with Crippen molar-refractivity contribution in [2.24, 2.45) is 5.73 Å². The number of carbonyl (C=O) groups is 2. The van der Waals surface area contributed by atoms with Gasteiger partial charge in [0.25, 0.3) is 0 Å². The molecular weight excluding hydrogens is 320 g/mol. The number of rotatable bonds is 7. The van der Waals surface area contributed by atoms with Gasteiger partial charge in [-0.05, 0) is 35.2 Å². The summed E-state index contributed by atoms with van der Waals surface area (Å²) in [6.07, 6.45) is 0.353. The lowest BCUT2D eigenvalue weighted by Gasteiger charge is -2.19. The molecule has 0 fully saturated rings. The molecule has 2 aromatic rings. The molecular formula is C19H22N2O4. The zero-order valence-corrected chi connectivity index (χ0v) is 14.3. The number of methoxy groups -OCH3 is 1. The van der Waals surface area contributed by atoms with Crippen LogP contribution < -0.4 is 10.5 Å². The van der Waals surface area contributed by atoms with Crippen LogP contribution in [-0.4, -0.2) is 48.6 Å². The quantitative estimate of drug-likeness (QED) is 0.800. The highest BCUT2D eigenvalue weighted by molar-refractivity contribution is 5.85. The fourth-order valence-corrected chi connectivity index (χ4v) is 2.52. The van der Waals surface area contributed by atoms with Crippen LogP contribution in [0.4, 0.5) is 0 Å². The van der Waals surface area contributed by atoms with E-state index in [0.29, 0.717) is 6.42 Å². The molecule has 0 aromatic heterocycles. The van der Waals surface area contributed by atoms with Crippen LogP contribution in [0.15, 0.2) is 48.5 Å². The first-order valence-corrected chi connectivity index (χ1v) is 7.86. The van der Waals surface area contributed by atoms with Crippen LogP contribution >= 0.6 is 0 Å². The van der Waals surface area contributed by atoms with Crippen molar-refractivity contribution in [1.29, 1.82) is 0 Å². The first-order chi connectivity index (χ1) is 11.9. The smallest absolute Gasteiger partial charge is 0.323 e. The molecule has 6 heteroatoms. The molecule has 0 unspecified atom stereocenters. The maximum Gasteiger partial charge on any atom is 0.323 e. The van der Waals surface area contributed by atoms with Crippen molar-refractivity contribution >= 4 is 11.9 Å². The summed E-state index contributed by atoms with van der Waals surface area (Å²) in [5.74, 6) is -0.649. The van der Waals surface area contributed by atoms with Gasteiger partial charge < -0.3 is 20.5 Å².